The number of hydrogen-bond acceptors (Lipinski definition) is 4. The number of hydrogen-bond donors (Lipinski definition) is 2. The summed E-state index contributed by atoms with van der Waals surface area (Å²) in [5.41, 5.74) is 8.92. The normalized spacial score (nSPS) is 13.2. The van der Waals surface area contributed by atoms with Crippen LogP contribution < -0.4 is 16.2 Å². The molecule has 86 valence electrons. The van der Waals surface area contributed by atoms with Crippen molar-refractivity contribution in [3.05, 3.63) is 28.1 Å². The maximum absolute atomic E-state index is 13.4. The SMILES string of the molecule is [2H]C([2H])([2H])Oc1cc(F)c([N+](=O)[O-])cc1N=C(N)N. The fraction of sp³-hybridized carbons (Fsp3) is 0.125. The predicted molar refractivity (Wildman–Crippen MR) is 55.1 cm³/mol. The first-order valence-electron chi connectivity index (χ1n) is 5.37. The molecule has 0 bridgehead atoms. The van der Waals surface area contributed by atoms with E-state index in [2.05, 4.69) is 9.73 Å². The molecule has 0 unspecified atom stereocenters. The standard InChI is InChI=1S/C8H9FN4O3/c1-16-7-2-4(9)6(13(14)15)3-5(7)12-8(10)11/h2-3H,1H3,(H4,10,11,12)/i1D3. The average Bonchev–Trinajstić information content (AvgIpc) is 2.18. The summed E-state index contributed by atoms with van der Waals surface area (Å²) in [7, 11) is -2.88. The van der Waals surface area contributed by atoms with Crippen LogP contribution in [0, 0.1) is 15.9 Å². The Kier molecular flexibility index (Phi) is 2.17. The van der Waals surface area contributed by atoms with Crippen molar-refractivity contribution in [2.75, 3.05) is 7.04 Å². The number of rotatable bonds is 3. The van der Waals surface area contributed by atoms with E-state index in [1.165, 1.54) is 0 Å². The van der Waals surface area contributed by atoms with Gasteiger partial charge in [0, 0.05) is 12.1 Å². The van der Waals surface area contributed by atoms with Gasteiger partial charge in [0.05, 0.1) is 16.1 Å². The highest BCUT2D eigenvalue weighted by Crippen LogP contribution is 2.33. The topological polar surface area (TPSA) is 117 Å². The van der Waals surface area contributed by atoms with Gasteiger partial charge in [-0.3, -0.25) is 10.1 Å². The minimum Gasteiger partial charge on any atom is -0.494 e. The van der Waals surface area contributed by atoms with E-state index in [-0.39, 0.29) is 5.69 Å². The maximum atomic E-state index is 13.4. The number of nitro benzene ring substituents is 1. The summed E-state index contributed by atoms with van der Waals surface area (Å²) in [6.07, 6.45) is 0. The smallest absolute Gasteiger partial charge is 0.307 e. The van der Waals surface area contributed by atoms with Gasteiger partial charge < -0.3 is 16.2 Å². The molecule has 1 aromatic carbocycles. The van der Waals surface area contributed by atoms with Crippen molar-refractivity contribution in [1.82, 2.24) is 0 Å². The number of nitro groups is 1. The molecule has 0 heterocycles. The van der Waals surface area contributed by atoms with Gasteiger partial charge >= 0.3 is 5.69 Å². The van der Waals surface area contributed by atoms with Gasteiger partial charge in [0.15, 0.2) is 5.96 Å². The lowest BCUT2D eigenvalue weighted by Gasteiger charge is -2.04. The molecule has 0 radical (unpaired) electrons. The average molecular weight is 231 g/mol. The molecule has 16 heavy (non-hydrogen) atoms. The Morgan fingerprint density at radius 3 is 2.88 bits per heavy atom. The van der Waals surface area contributed by atoms with Crippen molar-refractivity contribution in [1.29, 1.82) is 0 Å². The molecule has 0 atom stereocenters. The van der Waals surface area contributed by atoms with Crippen molar-refractivity contribution in [2.45, 2.75) is 0 Å². The fourth-order valence-electron chi connectivity index (χ4n) is 0.981. The Morgan fingerprint density at radius 1 is 1.69 bits per heavy atom. The van der Waals surface area contributed by atoms with Gasteiger partial charge in [-0.2, -0.15) is 4.39 Å². The van der Waals surface area contributed by atoms with Crippen LogP contribution in [0.5, 0.6) is 5.75 Å². The van der Waals surface area contributed by atoms with Crippen molar-refractivity contribution >= 4 is 17.3 Å². The molecule has 0 aliphatic carbocycles. The molecule has 8 heteroatoms. The van der Waals surface area contributed by atoms with Crippen molar-refractivity contribution in [3.63, 3.8) is 0 Å². The summed E-state index contributed by atoms with van der Waals surface area (Å²) in [5, 5.41) is 10.6. The lowest BCUT2D eigenvalue weighted by Crippen LogP contribution is -2.22. The molecular weight excluding hydrogens is 219 g/mol. The number of halogens is 1. The Hall–Kier alpha value is -2.38. The van der Waals surface area contributed by atoms with Gasteiger partial charge in [0.1, 0.15) is 11.4 Å². The van der Waals surface area contributed by atoms with E-state index in [0.717, 1.165) is 0 Å². The third kappa shape index (κ3) is 2.35. The van der Waals surface area contributed by atoms with E-state index in [9.17, 15) is 14.5 Å². The highest BCUT2D eigenvalue weighted by atomic mass is 19.1. The van der Waals surface area contributed by atoms with Gasteiger partial charge in [-0.15, -0.1) is 0 Å². The summed E-state index contributed by atoms with van der Waals surface area (Å²) in [6.45, 7) is 0. The van der Waals surface area contributed by atoms with Crippen LogP contribution in [-0.4, -0.2) is 17.9 Å². The number of aliphatic imine (C=N–C) groups is 1. The fourth-order valence-corrected chi connectivity index (χ4v) is 0.981. The predicted octanol–water partition coefficient (Wildman–Crippen LogP) is 0.647. The molecule has 0 spiro atoms. The summed E-state index contributed by atoms with van der Waals surface area (Å²) in [6, 6.07) is 1.21. The highest BCUT2D eigenvalue weighted by Gasteiger charge is 2.18. The Bertz CT molecular complexity index is 543. The van der Waals surface area contributed by atoms with Gasteiger partial charge in [0.2, 0.25) is 5.82 Å². The summed E-state index contributed by atoms with van der Waals surface area (Å²) in [5.74, 6) is -2.29. The van der Waals surface area contributed by atoms with Gasteiger partial charge in [-0.05, 0) is 0 Å². The minimum absolute atomic E-state index is 0.357. The van der Waals surface area contributed by atoms with Crippen LogP contribution >= 0.6 is 0 Å². The second-order valence-corrected chi connectivity index (χ2v) is 2.67. The molecule has 0 aliphatic heterocycles. The molecule has 0 saturated carbocycles. The van der Waals surface area contributed by atoms with Crippen LogP contribution in [0.1, 0.15) is 4.11 Å². The maximum Gasteiger partial charge on any atom is 0.307 e. The molecule has 0 aliphatic rings. The molecule has 0 saturated heterocycles. The first-order valence-corrected chi connectivity index (χ1v) is 3.87. The first kappa shape index (κ1) is 7.85. The van der Waals surface area contributed by atoms with Gasteiger partial charge in [-0.25, -0.2) is 4.99 Å². The van der Waals surface area contributed by atoms with Crippen LogP contribution in [0.25, 0.3) is 0 Å². The first-order chi connectivity index (χ1) is 8.60. The third-order valence-electron chi connectivity index (χ3n) is 1.58. The van der Waals surface area contributed by atoms with Crippen LogP contribution in [0.4, 0.5) is 15.8 Å². The second kappa shape index (κ2) is 4.43. The minimum atomic E-state index is -2.88. The van der Waals surface area contributed by atoms with Crippen LogP contribution in [0.2, 0.25) is 0 Å². The monoisotopic (exact) mass is 231 g/mol. The van der Waals surface area contributed by atoms with Crippen LogP contribution in [-0.2, 0) is 0 Å². The zero-order chi connectivity index (χ0) is 14.8. The number of ether oxygens (including phenoxy) is 1. The number of nitrogens with two attached hydrogens (primary N) is 2. The number of nitrogens with zero attached hydrogens (tertiary/aromatic N) is 2. The summed E-state index contributed by atoms with van der Waals surface area (Å²) in [4.78, 5) is 13.0. The molecule has 0 aromatic heterocycles. The third-order valence-corrected chi connectivity index (χ3v) is 1.58. The molecule has 0 fully saturated rings. The van der Waals surface area contributed by atoms with Gasteiger partial charge in [0.25, 0.3) is 0 Å². The zero-order valence-electron chi connectivity index (χ0n) is 10.8. The molecule has 7 nitrogen and oxygen atoms in total. The molecule has 1 aromatic rings. The molecule has 4 N–H and O–H groups in total. The van der Waals surface area contributed by atoms with Gasteiger partial charge in [-0.1, -0.05) is 0 Å². The summed E-state index contributed by atoms with van der Waals surface area (Å²) < 4.78 is 38.5. The van der Waals surface area contributed by atoms with Crippen molar-refractivity contribution < 1.29 is 18.2 Å². The number of benzene rings is 1. The second-order valence-electron chi connectivity index (χ2n) is 2.67. The van der Waals surface area contributed by atoms with E-state index in [0.29, 0.717) is 12.1 Å². The van der Waals surface area contributed by atoms with E-state index >= 15 is 0 Å². The molecular formula is C8H9FN4O3. The zero-order valence-corrected chi connectivity index (χ0v) is 7.81. The Labute approximate surface area is 93.9 Å². The van der Waals surface area contributed by atoms with Crippen LogP contribution in [0.15, 0.2) is 17.1 Å². The Balaban J connectivity index is 3.40. The lowest BCUT2D eigenvalue weighted by atomic mass is 10.2. The van der Waals surface area contributed by atoms with Crippen molar-refractivity contribution in [3.8, 4) is 5.75 Å². The molecule has 1 rings (SSSR count). The van der Waals surface area contributed by atoms with Crippen LogP contribution in [0.3, 0.4) is 0 Å². The van der Waals surface area contributed by atoms with E-state index in [1.54, 1.807) is 0 Å². The van der Waals surface area contributed by atoms with E-state index < -0.39 is 35.2 Å². The number of guanidine groups is 1. The van der Waals surface area contributed by atoms with E-state index in [1.807, 2.05) is 0 Å². The largest absolute Gasteiger partial charge is 0.494 e. The Morgan fingerprint density at radius 2 is 2.38 bits per heavy atom. The highest BCUT2D eigenvalue weighted by molar-refractivity contribution is 5.80. The number of methoxy groups -OCH3 is 1. The molecule has 0 amide bonds. The lowest BCUT2D eigenvalue weighted by molar-refractivity contribution is -0.387. The van der Waals surface area contributed by atoms with Crippen molar-refractivity contribution in [2.24, 2.45) is 16.5 Å². The summed E-state index contributed by atoms with van der Waals surface area (Å²) >= 11 is 0. The van der Waals surface area contributed by atoms with E-state index in [4.69, 9.17) is 15.6 Å². The quantitative estimate of drug-likeness (QED) is 0.342.